The molecule has 0 aromatic carbocycles. The minimum Gasteiger partial charge on any atom is -0.314 e. The van der Waals surface area contributed by atoms with E-state index in [4.69, 9.17) is 0 Å². The van der Waals surface area contributed by atoms with Gasteiger partial charge in [-0.1, -0.05) is 34.1 Å². The van der Waals surface area contributed by atoms with Gasteiger partial charge in [0.05, 0.1) is 6.20 Å². The molecule has 0 bridgehead atoms. The predicted octanol–water partition coefficient (Wildman–Crippen LogP) is 3.81. The molecule has 1 saturated carbocycles. The van der Waals surface area contributed by atoms with Crippen LogP contribution in [0.15, 0.2) is 12.4 Å². The van der Waals surface area contributed by atoms with Gasteiger partial charge in [0, 0.05) is 18.8 Å². The second kappa shape index (κ2) is 7.26. The summed E-state index contributed by atoms with van der Waals surface area (Å²) in [6, 6.07) is 0.581. The van der Waals surface area contributed by atoms with Crippen molar-refractivity contribution in [3.63, 3.8) is 0 Å². The Kier molecular flexibility index (Phi) is 5.64. The first-order chi connectivity index (χ1) is 9.60. The monoisotopic (exact) mass is 277 g/mol. The molecule has 1 aromatic heterocycles. The van der Waals surface area contributed by atoms with Crippen molar-refractivity contribution in [1.29, 1.82) is 0 Å². The molecule has 1 aliphatic rings. The van der Waals surface area contributed by atoms with Crippen molar-refractivity contribution < 1.29 is 0 Å². The Bertz CT molecular complexity index is 397. The molecule has 1 aromatic rings. The first-order valence-corrected chi connectivity index (χ1v) is 8.35. The summed E-state index contributed by atoms with van der Waals surface area (Å²) in [5.41, 5.74) is 1.46. The van der Waals surface area contributed by atoms with Crippen LogP contribution in [0, 0.1) is 11.8 Å². The Balaban J connectivity index is 2.05. The molecule has 0 aliphatic heterocycles. The smallest absolute Gasteiger partial charge is 0.0524 e. The molecule has 1 fully saturated rings. The summed E-state index contributed by atoms with van der Waals surface area (Å²) in [6.07, 6.45) is 9.60. The highest BCUT2D eigenvalue weighted by Crippen LogP contribution is 2.40. The zero-order valence-electron chi connectivity index (χ0n) is 13.6. The van der Waals surface area contributed by atoms with Crippen LogP contribution in [0.1, 0.15) is 64.9 Å². The molecule has 3 nitrogen and oxygen atoms in total. The summed E-state index contributed by atoms with van der Waals surface area (Å²) in [6.45, 7) is 11.3. The molecule has 3 atom stereocenters. The van der Waals surface area contributed by atoms with Crippen LogP contribution >= 0.6 is 0 Å². The summed E-state index contributed by atoms with van der Waals surface area (Å²) < 4.78 is 2.11. The number of nitrogens with zero attached hydrogens (tertiary/aromatic N) is 2. The van der Waals surface area contributed by atoms with E-state index < -0.39 is 0 Å². The van der Waals surface area contributed by atoms with E-state index in [0.717, 1.165) is 31.3 Å². The zero-order chi connectivity index (χ0) is 14.5. The summed E-state index contributed by atoms with van der Waals surface area (Å²) in [5.74, 6) is 2.31. The standard InChI is InChI=1S/C17H31N3/c1-5-8-20-12-16(11-19-20)17-9-14(4)6-7-15(17)10-18-13(2)3/h11-15,17-18H,5-10H2,1-4H3. The highest BCUT2D eigenvalue weighted by Gasteiger charge is 2.30. The van der Waals surface area contributed by atoms with Crippen LogP contribution in [-0.2, 0) is 6.54 Å². The SMILES string of the molecule is CCCn1cc(C2CC(C)CCC2CNC(C)C)cn1. The molecule has 2 rings (SSSR count). The van der Waals surface area contributed by atoms with Crippen LogP contribution in [0.25, 0.3) is 0 Å². The molecule has 1 N–H and O–H groups in total. The molecule has 0 amide bonds. The quantitative estimate of drug-likeness (QED) is 0.857. The van der Waals surface area contributed by atoms with Gasteiger partial charge in [-0.25, -0.2) is 0 Å². The second-order valence-electron chi connectivity index (χ2n) is 6.88. The van der Waals surface area contributed by atoms with Crippen LogP contribution in [0.4, 0.5) is 0 Å². The molecule has 114 valence electrons. The Morgan fingerprint density at radius 2 is 2.20 bits per heavy atom. The Hall–Kier alpha value is -0.830. The van der Waals surface area contributed by atoms with Gasteiger partial charge in [-0.15, -0.1) is 0 Å². The number of aryl methyl sites for hydroxylation is 1. The summed E-state index contributed by atoms with van der Waals surface area (Å²) in [5, 5.41) is 8.17. The van der Waals surface area contributed by atoms with Crippen LogP contribution in [-0.4, -0.2) is 22.4 Å². The highest BCUT2D eigenvalue weighted by atomic mass is 15.3. The van der Waals surface area contributed by atoms with E-state index in [9.17, 15) is 0 Å². The third-order valence-corrected chi connectivity index (χ3v) is 4.58. The molecular formula is C17H31N3. The predicted molar refractivity (Wildman–Crippen MR) is 84.9 cm³/mol. The lowest BCUT2D eigenvalue weighted by molar-refractivity contribution is 0.238. The highest BCUT2D eigenvalue weighted by molar-refractivity contribution is 5.14. The van der Waals surface area contributed by atoms with E-state index in [1.54, 1.807) is 0 Å². The fourth-order valence-electron chi connectivity index (χ4n) is 3.41. The molecule has 20 heavy (non-hydrogen) atoms. The Morgan fingerprint density at radius 1 is 1.40 bits per heavy atom. The van der Waals surface area contributed by atoms with Gasteiger partial charge in [0.1, 0.15) is 0 Å². The molecule has 3 heteroatoms. The van der Waals surface area contributed by atoms with Crippen LogP contribution in [0.5, 0.6) is 0 Å². The van der Waals surface area contributed by atoms with E-state index >= 15 is 0 Å². The Morgan fingerprint density at radius 3 is 2.90 bits per heavy atom. The molecule has 0 spiro atoms. The lowest BCUT2D eigenvalue weighted by Gasteiger charge is -2.35. The summed E-state index contributed by atoms with van der Waals surface area (Å²) >= 11 is 0. The van der Waals surface area contributed by atoms with Gasteiger partial charge in [-0.2, -0.15) is 5.10 Å². The molecule has 1 aliphatic carbocycles. The lowest BCUT2D eigenvalue weighted by atomic mass is 9.72. The second-order valence-corrected chi connectivity index (χ2v) is 6.88. The normalized spacial score (nSPS) is 27.1. The number of rotatable bonds is 6. The number of hydrogen-bond donors (Lipinski definition) is 1. The van der Waals surface area contributed by atoms with Crippen molar-refractivity contribution in [2.24, 2.45) is 11.8 Å². The number of nitrogens with one attached hydrogen (secondary N) is 1. The van der Waals surface area contributed by atoms with E-state index in [1.807, 2.05) is 0 Å². The van der Waals surface area contributed by atoms with Gasteiger partial charge in [-0.05, 0) is 49.1 Å². The average Bonchev–Trinajstić information content (AvgIpc) is 2.86. The van der Waals surface area contributed by atoms with Gasteiger partial charge >= 0.3 is 0 Å². The summed E-state index contributed by atoms with van der Waals surface area (Å²) in [4.78, 5) is 0. The van der Waals surface area contributed by atoms with Crippen molar-refractivity contribution in [3.05, 3.63) is 18.0 Å². The number of hydrogen-bond acceptors (Lipinski definition) is 2. The van der Waals surface area contributed by atoms with E-state index in [2.05, 4.69) is 55.2 Å². The van der Waals surface area contributed by atoms with Crippen molar-refractivity contribution in [2.45, 2.75) is 71.9 Å². The van der Waals surface area contributed by atoms with Gasteiger partial charge in [0.15, 0.2) is 0 Å². The maximum Gasteiger partial charge on any atom is 0.0524 e. The van der Waals surface area contributed by atoms with Crippen molar-refractivity contribution >= 4 is 0 Å². The Labute approximate surface area is 124 Å². The maximum absolute atomic E-state index is 4.53. The molecular weight excluding hydrogens is 246 g/mol. The fourth-order valence-corrected chi connectivity index (χ4v) is 3.41. The van der Waals surface area contributed by atoms with Crippen molar-refractivity contribution in [2.75, 3.05) is 6.54 Å². The topological polar surface area (TPSA) is 29.9 Å². The third-order valence-electron chi connectivity index (χ3n) is 4.58. The minimum absolute atomic E-state index is 0.581. The molecule has 0 radical (unpaired) electrons. The zero-order valence-corrected chi connectivity index (χ0v) is 13.6. The van der Waals surface area contributed by atoms with E-state index in [0.29, 0.717) is 12.0 Å². The number of aromatic nitrogens is 2. The van der Waals surface area contributed by atoms with Gasteiger partial charge in [0.25, 0.3) is 0 Å². The fraction of sp³-hybridized carbons (Fsp3) is 0.824. The first kappa shape index (κ1) is 15.6. The molecule has 0 saturated heterocycles. The van der Waals surface area contributed by atoms with Crippen LogP contribution in [0.3, 0.4) is 0 Å². The van der Waals surface area contributed by atoms with Crippen molar-refractivity contribution in [3.8, 4) is 0 Å². The maximum atomic E-state index is 4.53. The average molecular weight is 277 g/mol. The van der Waals surface area contributed by atoms with Crippen LogP contribution in [0.2, 0.25) is 0 Å². The third kappa shape index (κ3) is 4.08. The lowest BCUT2D eigenvalue weighted by Crippen LogP contribution is -2.34. The molecule has 3 unspecified atom stereocenters. The van der Waals surface area contributed by atoms with Gasteiger partial charge in [0.2, 0.25) is 0 Å². The minimum atomic E-state index is 0.581. The van der Waals surface area contributed by atoms with Crippen molar-refractivity contribution in [1.82, 2.24) is 15.1 Å². The van der Waals surface area contributed by atoms with Gasteiger partial charge in [-0.3, -0.25) is 4.68 Å². The van der Waals surface area contributed by atoms with E-state index in [-0.39, 0.29) is 0 Å². The first-order valence-electron chi connectivity index (χ1n) is 8.35. The summed E-state index contributed by atoms with van der Waals surface area (Å²) in [7, 11) is 0. The van der Waals surface area contributed by atoms with Gasteiger partial charge < -0.3 is 5.32 Å². The largest absolute Gasteiger partial charge is 0.314 e. The van der Waals surface area contributed by atoms with E-state index in [1.165, 1.54) is 24.8 Å². The molecule has 1 heterocycles. The van der Waals surface area contributed by atoms with Crippen LogP contribution < -0.4 is 5.32 Å².